The summed E-state index contributed by atoms with van der Waals surface area (Å²) in [5.41, 5.74) is 3.15. The third kappa shape index (κ3) is 5.64. The summed E-state index contributed by atoms with van der Waals surface area (Å²) >= 11 is 0. The first-order chi connectivity index (χ1) is 10.8. The zero-order valence-electron chi connectivity index (χ0n) is 16.2. The molecule has 23 heavy (non-hydrogen) atoms. The topological polar surface area (TPSA) is 3.24 Å². The van der Waals surface area contributed by atoms with Crippen LogP contribution in [-0.2, 0) is 12.0 Å². The van der Waals surface area contributed by atoms with Gasteiger partial charge < -0.3 is 0 Å². The molecule has 0 unspecified atom stereocenters. The molecule has 1 aromatic carbocycles. The molecule has 0 spiro atoms. The molecule has 0 bridgehead atoms. The van der Waals surface area contributed by atoms with Gasteiger partial charge in [0.2, 0.25) is 0 Å². The van der Waals surface area contributed by atoms with Gasteiger partial charge in [-0.15, -0.1) is 0 Å². The Morgan fingerprint density at radius 1 is 1.00 bits per heavy atom. The second-order valence-corrected chi connectivity index (χ2v) is 9.18. The monoisotopic (exact) mass is 315 g/mol. The smallest absolute Gasteiger partial charge is 0.0236 e. The lowest BCUT2D eigenvalue weighted by atomic mass is 9.85. The van der Waals surface area contributed by atoms with E-state index in [2.05, 4.69) is 70.7 Å². The molecule has 1 saturated carbocycles. The van der Waals surface area contributed by atoms with Crippen LogP contribution in [0.4, 0.5) is 0 Å². The van der Waals surface area contributed by atoms with Crippen LogP contribution in [0.1, 0.15) is 78.4 Å². The molecule has 0 aliphatic heterocycles. The van der Waals surface area contributed by atoms with Crippen molar-refractivity contribution in [2.24, 2.45) is 11.8 Å². The van der Waals surface area contributed by atoms with Gasteiger partial charge in [0.05, 0.1) is 0 Å². The highest BCUT2D eigenvalue weighted by atomic mass is 15.2. The Hall–Kier alpha value is -0.820. The van der Waals surface area contributed by atoms with Gasteiger partial charge in [-0.25, -0.2) is 0 Å². The van der Waals surface area contributed by atoms with Gasteiger partial charge in [-0.1, -0.05) is 65.8 Å². The van der Waals surface area contributed by atoms with Gasteiger partial charge in [-0.2, -0.15) is 0 Å². The van der Waals surface area contributed by atoms with E-state index >= 15 is 0 Å². The van der Waals surface area contributed by atoms with E-state index in [0.717, 1.165) is 24.4 Å². The molecule has 0 aromatic heterocycles. The fourth-order valence-electron chi connectivity index (χ4n) is 3.76. The summed E-state index contributed by atoms with van der Waals surface area (Å²) < 4.78 is 0. The van der Waals surface area contributed by atoms with Crippen molar-refractivity contribution >= 4 is 0 Å². The van der Waals surface area contributed by atoms with Gasteiger partial charge in [0, 0.05) is 19.1 Å². The van der Waals surface area contributed by atoms with Gasteiger partial charge in [0.25, 0.3) is 0 Å². The van der Waals surface area contributed by atoms with E-state index in [0.29, 0.717) is 0 Å². The summed E-state index contributed by atoms with van der Waals surface area (Å²) in [6, 6.07) is 10.1. The van der Waals surface area contributed by atoms with E-state index in [4.69, 9.17) is 0 Å². The molecule has 1 fully saturated rings. The standard InChI is InChI=1S/C22H37N/c1-17(2)15-23(21-13-7-18(3)8-14-21)16-19-9-11-20(12-10-19)22(4,5)6/h9-12,17-18,21H,7-8,13-16H2,1-6H3. The summed E-state index contributed by atoms with van der Waals surface area (Å²) in [5.74, 6) is 1.67. The number of hydrogen-bond donors (Lipinski definition) is 0. The summed E-state index contributed by atoms with van der Waals surface area (Å²) in [6.45, 7) is 16.3. The first-order valence-corrected chi connectivity index (χ1v) is 9.59. The Morgan fingerprint density at radius 3 is 2.04 bits per heavy atom. The molecule has 1 aliphatic carbocycles. The predicted octanol–water partition coefficient (Wildman–Crippen LogP) is 6.02. The highest BCUT2D eigenvalue weighted by Crippen LogP contribution is 2.29. The Kier molecular flexibility index (Phi) is 6.31. The maximum Gasteiger partial charge on any atom is 0.0236 e. The molecule has 0 radical (unpaired) electrons. The minimum atomic E-state index is 0.246. The fraction of sp³-hybridized carbons (Fsp3) is 0.727. The largest absolute Gasteiger partial charge is 0.296 e. The number of hydrogen-bond acceptors (Lipinski definition) is 1. The van der Waals surface area contributed by atoms with Crippen molar-refractivity contribution in [1.82, 2.24) is 4.90 Å². The van der Waals surface area contributed by atoms with E-state index in [9.17, 15) is 0 Å². The van der Waals surface area contributed by atoms with Crippen LogP contribution in [0.3, 0.4) is 0 Å². The van der Waals surface area contributed by atoms with E-state index in [-0.39, 0.29) is 5.41 Å². The predicted molar refractivity (Wildman–Crippen MR) is 102 cm³/mol. The minimum absolute atomic E-state index is 0.246. The number of nitrogens with zero attached hydrogens (tertiary/aromatic N) is 1. The molecule has 0 amide bonds. The normalized spacial score (nSPS) is 22.8. The van der Waals surface area contributed by atoms with Crippen molar-refractivity contribution in [3.63, 3.8) is 0 Å². The molecule has 1 aliphatic rings. The van der Waals surface area contributed by atoms with E-state index in [1.54, 1.807) is 0 Å². The quantitative estimate of drug-likeness (QED) is 0.642. The maximum absolute atomic E-state index is 2.75. The van der Waals surface area contributed by atoms with Crippen molar-refractivity contribution in [2.75, 3.05) is 6.54 Å². The lowest BCUT2D eigenvalue weighted by Crippen LogP contribution is -2.39. The van der Waals surface area contributed by atoms with Crippen LogP contribution >= 0.6 is 0 Å². The third-order valence-electron chi connectivity index (χ3n) is 5.31. The Morgan fingerprint density at radius 2 is 1.57 bits per heavy atom. The van der Waals surface area contributed by atoms with E-state index in [1.165, 1.54) is 43.4 Å². The van der Waals surface area contributed by atoms with Crippen LogP contribution in [-0.4, -0.2) is 17.5 Å². The zero-order valence-corrected chi connectivity index (χ0v) is 16.2. The van der Waals surface area contributed by atoms with Gasteiger partial charge in [0.15, 0.2) is 0 Å². The maximum atomic E-state index is 2.75. The van der Waals surface area contributed by atoms with Gasteiger partial charge in [-0.05, 0) is 54.1 Å². The summed E-state index contributed by atoms with van der Waals surface area (Å²) in [7, 11) is 0. The second kappa shape index (κ2) is 7.83. The first-order valence-electron chi connectivity index (χ1n) is 9.59. The van der Waals surface area contributed by atoms with E-state index < -0.39 is 0 Å². The fourth-order valence-corrected chi connectivity index (χ4v) is 3.76. The molecular formula is C22H37N. The minimum Gasteiger partial charge on any atom is -0.296 e. The first kappa shape index (κ1) is 18.5. The molecule has 130 valence electrons. The lowest BCUT2D eigenvalue weighted by Gasteiger charge is -2.37. The molecule has 0 atom stereocenters. The molecule has 0 saturated heterocycles. The molecule has 1 heteroatoms. The molecule has 0 heterocycles. The average Bonchev–Trinajstić information content (AvgIpc) is 2.46. The van der Waals surface area contributed by atoms with Crippen molar-refractivity contribution < 1.29 is 0 Å². The van der Waals surface area contributed by atoms with Gasteiger partial charge in [-0.3, -0.25) is 4.90 Å². The van der Waals surface area contributed by atoms with E-state index in [1.807, 2.05) is 0 Å². The van der Waals surface area contributed by atoms with Gasteiger partial charge in [0.1, 0.15) is 0 Å². The van der Waals surface area contributed by atoms with Crippen molar-refractivity contribution in [1.29, 1.82) is 0 Å². The highest BCUT2D eigenvalue weighted by molar-refractivity contribution is 5.27. The van der Waals surface area contributed by atoms with Crippen LogP contribution in [0.25, 0.3) is 0 Å². The average molecular weight is 316 g/mol. The third-order valence-corrected chi connectivity index (χ3v) is 5.31. The summed E-state index contributed by atoms with van der Waals surface area (Å²) in [4.78, 5) is 2.75. The molecule has 1 nitrogen and oxygen atoms in total. The Bertz CT molecular complexity index is 458. The van der Waals surface area contributed by atoms with Crippen LogP contribution in [0.15, 0.2) is 24.3 Å². The molecular weight excluding hydrogens is 278 g/mol. The lowest BCUT2D eigenvalue weighted by molar-refractivity contribution is 0.118. The Labute approximate surface area is 144 Å². The second-order valence-electron chi connectivity index (χ2n) is 9.18. The van der Waals surface area contributed by atoms with Crippen molar-refractivity contribution in [2.45, 2.75) is 85.2 Å². The Balaban J connectivity index is 2.05. The van der Waals surface area contributed by atoms with Crippen molar-refractivity contribution in [3.8, 4) is 0 Å². The SMILES string of the molecule is CC(C)CN(Cc1ccc(C(C)(C)C)cc1)C1CCC(C)CC1. The summed E-state index contributed by atoms with van der Waals surface area (Å²) in [5, 5.41) is 0. The highest BCUT2D eigenvalue weighted by Gasteiger charge is 2.24. The molecule has 1 aromatic rings. The number of benzene rings is 1. The molecule has 2 rings (SSSR count). The van der Waals surface area contributed by atoms with Crippen LogP contribution in [0.5, 0.6) is 0 Å². The van der Waals surface area contributed by atoms with Crippen LogP contribution < -0.4 is 0 Å². The number of rotatable bonds is 5. The summed E-state index contributed by atoms with van der Waals surface area (Å²) in [6.07, 6.45) is 5.58. The van der Waals surface area contributed by atoms with Crippen molar-refractivity contribution in [3.05, 3.63) is 35.4 Å². The zero-order chi connectivity index (χ0) is 17.0. The van der Waals surface area contributed by atoms with Crippen LogP contribution in [0, 0.1) is 11.8 Å². The molecule has 0 N–H and O–H groups in total. The van der Waals surface area contributed by atoms with Gasteiger partial charge >= 0.3 is 0 Å². The van der Waals surface area contributed by atoms with Crippen LogP contribution in [0.2, 0.25) is 0 Å².